The van der Waals surface area contributed by atoms with Crippen LogP contribution in [0.2, 0.25) is 0 Å². The second-order valence-electron chi connectivity index (χ2n) is 8.17. The lowest BCUT2D eigenvalue weighted by Crippen LogP contribution is -2.45. The molecule has 3 rings (SSSR count). The standard InChI is InChI=1S/C23H31N3O4S2/c1-16-8-10-18(11-9-16)26(12-5-13-30-19-7-4-3-6-17(19)2)23(29)25-22-24-14-21(32-22)31-15-20(27)28/h3-4,6-7,14,16,18H,5,8-13,15H2,1-2H3,(H,27,28)(H,24,25,29)/t16-,18-. The SMILES string of the molecule is Cc1ccccc1OCCCN(C(=O)Nc1ncc(SCC(=O)O)s1)[C@H]1CC[C@H](C)CC1. The molecule has 2 aromatic rings. The van der Waals surface area contributed by atoms with Crippen molar-refractivity contribution in [3.8, 4) is 5.75 Å². The molecule has 0 atom stereocenters. The number of aliphatic carboxylic acids is 1. The van der Waals surface area contributed by atoms with Gasteiger partial charge in [-0.2, -0.15) is 0 Å². The van der Waals surface area contributed by atoms with Gasteiger partial charge in [0.1, 0.15) is 5.75 Å². The third kappa shape index (κ3) is 7.41. The number of amides is 2. The van der Waals surface area contributed by atoms with Gasteiger partial charge in [-0.3, -0.25) is 10.1 Å². The van der Waals surface area contributed by atoms with Gasteiger partial charge in [-0.25, -0.2) is 9.78 Å². The molecule has 0 saturated heterocycles. The van der Waals surface area contributed by atoms with E-state index in [4.69, 9.17) is 9.84 Å². The van der Waals surface area contributed by atoms with Gasteiger partial charge in [0, 0.05) is 12.6 Å². The predicted molar refractivity (Wildman–Crippen MR) is 129 cm³/mol. The van der Waals surface area contributed by atoms with Crippen LogP contribution in [0.1, 0.15) is 44.6 Å². The van der Waals surface area contributed by atoms with Crippen molar-refractivity contribution in [2.24, 2.45) is 5.92 Å². The van der Waals surface area contributed by atoms with Crippen LogP contribution >= 0.6 is 23.1 Å². The molecule has 7 nitrogen and oxygen atoms in total. The van der Waals surface area contributed by atoms with Crippen molar-refractivity contribution in [2.45, 2.75) is 56.2 Å². The zero-order valence-corrected chi connectivity index (χ0v) is 20.2. The maximum Gasteiger partial charge on any atom is 0.323 e. The quantitative estimate of drug-likeness (QED) is 0.346. The molecular weight excluding hydrogens is 446 g/mol. The normalized spacial score (nSPS) is 18.2. The zero-order chi connectivity index (χ0) is 22.9. The summed E-state index contributed by atoms with van der Waals surface area (Å²) in [6.45, 7) is 5.45. The van der Waals surface area contributed by atoms with Gasteiger partial charge < -0.3 is 14.7 Å². The monoisotopic (exact) mass is 477 g/mol. The van der Waals surface area contributed by atoms with Crippen LogP contribution in [0.3, 0.4) is 0 Å². The van der Waals surface area contributed by atoms with Gasteiger partial charge in [0.25, 0.3) is 0 Å². The number of nitrogens with zero attached hydrogens (tertiary/aromatic N) is 2. The molecule has 0 spiro atoms. The smallest absolute Gasteiger partial charge is 0.323 e. The van der Waals surface area contributed by atoms with Gasteiger partial charge in [-0.15, -0.1) is 11.8 Å². The Kier molecular flexibility index (Phi) is 9.23. The summed E-state index contributed by atoms with van der Waals surface area (Å²) in [6, 6.07) is 8.00. The highest BCUT2D eigenvalue weighted by molar-refractivity contribution is 8.01. The Bertz CT molecular complexity index is 897. The Hall–Kier alpha value is -2.26. The average molecular weight is 478 g/mol. The molecule has 174 valence electrons. The highest BCUT2D eigenvalue weighted by Crippen LogP contribution is 2.30. The van der Waals surface area contributed by atoms with Crippen LogP contribution in [-0.4, -0.2) is 51.9 Å². The number of carboxylic acid groups (broad SMARTS) is 1. The number of thiazole rings is 1. The highest BCUT2D eigenvalue weighted by Gasteiger charge is 2.28. The van der Waals surface area contributed by atoms with E-state index in [1.165, 1.54) is 23.1 Å². The Labute approximate surface area is 197 Å². The largest absolute Gasteiger partial charge is 0.493 e. The summed E-state index contributed by atoms with van der Waals surface area (Å²) in [5.41, 5.74) is 1.10. The Morgan fingerprint density at radius 1 is 1.28 bits per heavy atom. The number of anilines is 1. The van der Waals surface area contributed by atoms with Crippen molar-refractivity contribution in [1.29, 1.82) is 0 Å². The van der Waals surface area contributed by atoms with Crippen molar-refractivity contribution in [2.75, 3.05) is 24.2 Å². The number of nitrogens with one attached hydrogen (secondary N) is 1. The number of para-hydroxylation sites is 1. The van der Waals surface area contributed by atoms with E-state index in [2.05, 4.69) is 17.2 Å². The maximum atomic E-state index is 13.1. The average Bonchev–Trinajstić information content (AvgIpc) is 3.21. The molecule has 0 bridgehead atoms. The fourth-order valence-corrected chi connectivity index (χ4v) is 5.40. The Balaban J connectivity index is 1.57. The van der Waals surface area contributed by atoms with E-state index in [-0.39, 0.29) is 17.8 Å². The van der Waals surface area contributed by atoms with Crippen LogP contribution in [0.5, 0.6) is 5.75 Å². The molecule has 1 fully saturated rings. The van der Waals surface area contributed by atoms with E-state index in [1.807, 2.05) is 36.1 Å². The molecule has 2 amide bonds. The van der Waals surface area contributed by atoms with Crippen LogP contribution in [0.25, 0.3) is 0 Å². The number of rotatable bonds is 10. The lowest BCUT2D eigenvalue weighted by atomic mass is 9.86. The minimum absolute atomic E-state index is 0.0249. The van der Waals surface area contributed by atoms with E-state index >= 15 is 0 Å². The van der Waals surface area contributed by atoms with Crippen molar-refractivity contribution in [3.05, 3.63) is 36.0 Å². The summed E-state index contributed by atoms with van der Waals surface area (Å²) < 4.78 is 6.69. The summed E-state index contributed by atoms with van der Waals surface area (Å²) in [6.07, 6.45) is 6.61. The fourth-order valence-electron chi connectivity index (χ4n) is 3.82. The van der Waals surface area contributed by atoms with E-state index in [9.17, 15) is 9.59 Å². The number of thioether (sulfide) groups is 1. The Morgan fingerprint density at radius 2 is 2.03 bits per heavy atom. The van der Waals surface area contributed by atoms with Gasteiger partial charge in [-0.05, 0) is 56.6 Å². The van der Waals surface area contributed by atoms with Crippen LogP contribution in [-0.2, 0) is 4.79 Å². The second-order valence-corrected chi connectivity index (χ2v) is 10.5. The topological polar surface area (TPSA) is 91.8 Å². The van der Waals surface area contributed by atoms with Crippen molar-refractivity contribution >= 4 is 40.2 Å². The van der Waals surface area contributed by atoms with Crippen molar-refractivity contribution in [3.63, 3.8) is 0 Å². The van der Waals surface area contributed by atoms with Gasteiger partial charge in [0.05, 0.1) is 22.8 Å². The first-order chi connectivity index (χ1) is 15.4. The van der Waals surface area contributed by atoms with Crippen LogP contribution < -0.4 is 10.1 Å². The summed E-state index contributed by atoms with van der Waals surface area (Å²) >= 11 is 2.50. The number of hydrogen-bond acceptors (Lipinski definition) is 6. The zero-order valence-electron chi connectivity index (χ0n) is 18.6. The predicted octanol–water partition coefficient (Wildman–Crippen LogP) is 5.51. The highest BCUT2D eigenvalue weighted by atomic mass is 32.2. The molecule has 1 aromatic heterocycles. The molecule has 1 aromatic carbocycles. The maximum absolute atomic E-state index is 13.1. The van der Waals surface area contributed by atoms with E-state index in [0.717, 1.165) is 47.6 Å². The number of carbonyl (C=O) groups is 2. The molecular formula is C23H31N3O4S2. The van der Waals surface area contributed by atoms with Crippen LogP contribution in [0.4, 0.5) is 9.93 Å². The minimum Gasteiger partial charge on any atom is -0.493 e. The number of ether oxygens (including phenoxy) is 1. The summed E-state index contributed by atoms with van der Waals surface area (Å²) in [5, 5.41) is 12.2. The third-order valence-corrected chi connectivity index (χ3v) is 7.71. The molecule has 0 unspecified atom stereocenters. The fraction of sp³-hybridized carbons (Fsp3) is 0.522. The first kappa shape index (κ1) is 24.4. The number of aromatic nitrogens is 1. The molecule has 32 heavy (non-hydrogen) atoms. The number of urea groups is 1. The van der Waals surface area contributed by atoms with Crippen molar-refractivity contribution in [1.82, 2.24) is 9.88 Å². The first-order valence-corrected chi connectivity index (χ1v) is 12.8. The number of carbonyl (C=O) groups excluding carboxylic acids is 1. The molecule has 9 heteroatoms. The third-order valence-electron chi connectivity index (χ3n) is 5.62. The summed E-state index contributed by atoms with van der Waals surface area (Å²) in [7, 11) is 0. The summed E-state index contributed by atoms with van der Waals surface area (Å²) in [4.78, 5) is 30.1. The van der Waals surface area contributed by atoms with Crippen LogP contribution in [0.15, 0.2) is 34.7 Å². The number of benzene rings is 1. The first-order valence-electron chi connectivity index (χ1n) is 11.0. The van der Waals surface area contributed by atoms with Gasteiger partial charge in [0.15, 0.2) is 5.13 Å². The number of hydrogen-bond donors (Lipinski definition) is 2. The van der Waals surface area contributed by atoms with Crippen molar-refractivity contribution < 1.29 is 19.4 Å². The molecule has 1 saturated carbocycles. The molecule has 1 aliphatic rings. The second kappa shape index (κ2) is 12.1. The van der Waals surface area contributed by atoms with E-state index < -0.39 is 5.97 Å². The molecule has 1 heterocycles. The molecule has 0 radical (unpaired) electrons. The van der Waals surface area contributed by atoms with E-state index in [1.54, 1.807) is 6.20 Å². The summed E-state index contributed by atoms with van der Waals surface area (Å²) in [5.74, 6) is 0.681. The van der Waals surface area contributed by atoms with Gasteiger partial charge >= 0.3 is 12.0 Å². The lowest BCUT2D eigenvalue weighted by Gasteiger charge is -2.36. The van der Waals surface area contributed by atoms with Gasteiger partial charge in [0.2, 0.25) is 0 Å². The van der Waals surface area contributed by atoms with E-state index in [0.29, 0.717) is 24.2 Å². The van der Waals surface area contributed by atoms with Crippen LogP contribution in [0, 0.1) is 12.8 Å². The molecule has 2 N–H and O–H groups in total. The lowest BCUT2D eigenvalue weighted by molar-refractivity contribution is -0.133. The minimum atomic E-state index is -0.875. The van der Waals surface area contributed by atoms with Gasteiger partial charge in [-0.1, -0.05) is 36.5 Å². The number of carboxylic acids is 1. The molecule has 1 aliphatic carbocycles. The Morgan fingerprint density at radius 3 is 2.75 bits per heavy atom. The molecule has 0 aliphatic heterocycles. The number of aryl methyl sites for hydroxylation is 1.